The van der Waals surface area contributed by atoms with Crippen molar-refractivity contribution in [3.63, 3.8) is 0 Å². The van der Waals surface area contributed by atoms with Gasteiger partial charge in [-0.2, -0.15) is 0 Å². The maximum absolute atomic E-state index is 11.1. The number of esters is 1. The summed E-state index contributed by atoms with van der Waals surface area (Å²) in [6, 6.07) is 0. The Bertz CT molecular complexity index is 361. The van der Waals surface area contributed by atoms with E-state index in [1.54, 1.807) is 6.08 Å². The zero-order valence-corrected chi connectivity index (χ0v) is 9.49. The molecule has 0 amide bonds. The van der Waals surface area contributed by atoms with E-state index < -0.39 is 0 Å². The van der Waals surface area contributed by atoms with E-state index in [1.165, 1.54) is 6.92 Å². The van der Waals surface area contributed by atoms with E-state index in [9.17, 15) is 9.59 Å². The molecule has 0 aromatic rings. The van der Waals surface area contributed by atoms with Crippen molar-refractivity contribution in [3.8, 4) is 0 Å². The summed E-state index contributed by atoms with van der Waals surface area (Å²) in [4.78, 5) is 21.9. The number of rotatable bonds is 5. The van der Waals surface area contributed by atoms with E-state index in [0.29, 0.717) is 6.42 Å². The molecule has 3 heteroatoms. The van der Waals surface area contributed by atoms with Gasteiger partial charge in [0.1, 0.15) is 6.61 Å². The summed E-state index contributed by atoms with van der Waals surface area (Å²) in [5, 5.41) is 0. The molecule has 1 aliphatic rings. The van der Waals surface area contributed by atoms with Crippen molar-refractivity contribution in [2.75, 3.05) is 6.61 Å². The van der Waals surface area contributed by atoms with Crippen molar-refractivity contribution < 1.29 is 14.3 Å². The predicted octanol–water partition coefficient (Wildman–Crippen LogP) is 2.34. The van der Waals surface area contributed by atoms with Crippen LogP contribution in [0.15, 0.2) is 36.0 Å². The first-order valence-electron chi connectivity index (χ1n) is 5.29. The van der Waals surface area contributed by atoms with Gasteiger partial charge in [0.25, 0.3) is 0 Å². The van der Waals surface area contributed by atoms with Crippen molar-refractivity contribution in [2.24, 2.45) is 0 Å². The minimum absolute atomic E-state index is 0.105. The molecular weight excluding hydrogens is 204 g/mol. The van der Waals surface area contributed by atoms with Crippen LogP contribution >= 0.6 is 0 Å². The van der Waals surface area contributed by atoms with Gasteiger partial charge >= 0.3 is 5.97 Å². The summed E-state index contributed by atoms with van der Waals surface area (Å²) in [7, 11) is 0. The van der Waals surface area contributed by atoms with Gasteiger partial charge in [0, 0.05) is 13.3 Å². The topological polar surface area (TPSA) is 43.4 Å². The van der Waals surface area contributed by atoms with E-state index in [0.717, 1.165) is 24.0 Å². The van der Waals surface area contributed by atoms with Gasteiger partial charge in [-0.1, -0.05) is 12.2 Å². The zero-order chi connectivity index (χ0) is 12.0. The standard InChI is InChI=1S/C13H16O3/c1-3-4-5-12(9-16-10(2)14)11-6-7-13(15)8-11/h3,6-7H,1,4-5,8-9H2,2H3/b12-11-. The van der Waals surface area contributed by atoms with Gasteiger partial charge in [0.2, 0.25) is 0 Å². The van der Waals surface area contributed by atoms with Crippen LogP contribution in [0.3, 0.4) is 0 Å². The molecule has 1 rings (SSSR count). The zero-order valence-electron chi connectivity index (χ0n) is 9.49. The Balaban J connectivity index is 2.70. The van der Waals surface area contributed by atoms with Crippen LogP contribution in [0.2, 0.25) is 0 Å². The molecule has 0 atom stereocenters. The summed E-state index contributed by atoms with van der Waals surface area (Å²) in [5.74, 6) is -0.195. The van der Waals surface area contributed by atoms with Crippen molar-refractivity contribution in [1.82, 2.24) is 0 Å². The quantitative estimate of drug-likeness (QED) is 0.527. The number of allylic oxidation sites excluding steroid dienone is 4. The van der Waals surface area contributed by atoms with Crippen LogP contribution < -0.4 is 0 Å². The molecule has 0 heterocycles. The summed E-state index contributed by atoms with van der Waals surface area (Å²) in [5.41, 5.74) is 1.99. The monoisotopic (exact) mass is 220 g/mol. The molecule has 1 aliphatic carbocycles. The molecule has 0 saturated carbocycles. The minimum Gasteiger partial charge on any atom is -0.461 e. The lowest BCUT2D eigenvalue weighted by Gasteiger charge is -2.09. The molecule has 0 radical (unpaired) electrons. The summed E-state index contributed by atoms with van der Waals surface area (Å²) in [6.45, 7) is 5.31. The molecular formula is C13H16O3. The van der Waals surface area contributed by atoms with E-state index >= 15 is 0 Å². The van der Waals surface area contributed by atoms with Gasteiger partial charge in [-0.05, 0) is 30.1 Å². The molecule has 0 spiro atoms. The van der Waals surface area contributed by atoms with Gasteiger partial charge in [-0.25, -0.2) is 0 Å². The van der Waals surface area contributed by atoms with Crippen LogP contribution in [0, 0.1) is 0 Å². The third-order valence-electron chi connectivity index (χ3n) is 2.39. The average Bonchev–Trinajstić information content (AvgIpc) is 2.64. The van der Waals surface area contributed by atoms with Crippen LogP contribution in [-0.2, 0) is 14.3 Å². The van der Waals surface area contributed by atoms with Crippen LogP contribution in [0.1, 0.15) is 26.2 Å². The molecule has 0 N–H and O–H groups in total. The van der Waals surface area contributed by atoms with Gasteiger partial charge in [0.05, 0.1) is 0 Å². The van der Waals surface area contributed by atoms with Gasteiger partial charge in [0.15, 0.2) is 5.78 Å². The van der Waals surface area contributed by atoms with Crippen molar-refractivity contribution in [2.45, 2.75) is 26.2 Å². The lowest BCUT2D eigenvalue weighted by Crippen LogP contribution is -2.05. The second kappa shape index (κ2) is 6.05. The predicted molar refractivity (Wildman–Crippen MR) is 61.9 cm³/mol. The van der Waals surface area contributed by atoms with Crippen LogP contribution in [0.25, 0.3) is 0 Å². The lowest BCUT2D eigenvalue weighted by molar-refractivity contribution is -0.140. The van der Waals surface area contributed by atoms with E-state index in [-0.39, 0.29) is 18.4 Å². The van der Waals surface area contributed by atoms with Gasteiger partial charge < -0.3 is 4.74 Å². The number of hydrogen-bond donors (Lipinski definition) is 0. The maximum atomic E-state index is 11.1. The number of carbonyl (C=O) groups excluding carboxylic acids is 2. The van der Waals surface area contributed by atoms with Crippen LogP contribution in [0.4, 0.5) is 0 Å². The van der Waals surface area contributed by atoms with E-state index in [2.05, 4.69) is 6.58 Å². The molecule has 0 aromatic heterocycles. The fourth-order valence-corrected chi connectivity index (χ4v) is 1.53. The maximum Gasteiger partial charge on any atom is 0.302 e. The molecule has 16 heavy (non-hydrogen) atoms. The Morgan fingerprint density at radius 2 is 2.31 bits per heavy atom. The molecule has 86 valence electrons. The average molecular weight is 220 g/mol. The molecule has 0 aliphatic heterocycles. The minimum atomic E-state index is -0.301. The first-order valence-corrected chi connectivity index (χ1v) is 5.29. The first kappa shape index (κ1) is 12.4. The smallest absolute Gasteiger partial charge is 0.302 e. The fraction of sp³-hybridized carbons (Fsp3) is 0.385. The van der Waals surface area contributed by atoms with Gasteiger partial charge in [-0.3, -0.25) is 9.59 Å². The van der Waals surface area contributed by atoms with Gasteiger partial charge in [-0.15, -0.1) is 6.58 Å². The molecule has 0 aromatic carbocycles. The Morgan fingerprint density at radius 3 is 2.81 bits per heavy atom. The first-order chi connectivity index (χ1) is 7.63. The summed E-state index contributed by atoms with van der Waals surface area (Å²) in [6.07, 6.45) is 7.22. The second-order valence-electron chi connectivity index (χ2n) is 3.71. The second-order valence-corrected chi connectivity index (χ2v) is 3.71. The highest BCUT2D eigenvalue weighted by molar-refractivity contribution is 5.95. The SMILES string of the molecule is C=CCC/C(COC(C)=O)=C1\C=CC(=O)C1. The largest absolute Gasteiger partial charge is 0.461 e. The van der Waals surface area contributed by atoms with E-state index in [1.807, 2.05) is 12.2 Å². The molecule has 3 nitrogen and oxygen atoms in total. The Morgan fingerprint density at radius 1 is 1.56 bits per heavy atom. The Labute approximate surface area is 95.5 Å². The van der Waals surface area contributed by atoms with E-state index in [4.69, 9.17) is 4.74 Å². The van der Waals surface area contributed by atoms with Crippen LogP contribution in [-0.4, -0.2) is 18.4 Å². The highest BCUT2D eigenvalue weighted by Gasteiger charge is 2.13. The van der Waals surface area contributed by atoms with Crippen molar-refractivity contribution in [1.29, 1.82) is 0 Å². The normalized spacial score (nSPS) is 17.4. The molecule has 0 fully saturated rings. The summed E-state index contributed by atoms with van der Waals surface area (Å²) < 4.78 is 4.97. The third kappa shape index (κ3) is 3.85. The number of carbonyl (C=O) groups is 2. The molecule has 0 saturated heterocycles. The Hall–Kier alpha value is -1.64. The molecule has 0 unspecified atom stereocenters. The molecule has 0 bridgehead atoms. The fourth-order valence-electron chi connectivity index (χ4n) is 1.53. The van der Waals surface area contributed by atoms with Crippen molar-refractivity contribution in [3.05, 3.63) is 36.0 Å². The third-order valence-corrected chi connectivity index (χ3v) is 2.39. The number of hydrogen-bond acceptors (Lipinski definition) is 3. The number of ether oxygens (including phenoxy) is 1. The highest BCUT2D eigenvalue weighted by atomic mass is 16.5. The van der Waals surface area contributed by atoms with Crippen LogP contribution in [0.5, 0.6) is 0 Å². The number of ketones is 1. The summed E-state index contributed by atoms with van der Waals surface area (Å²) >= 11 is 0. The lowest BCUT2D eigenvalue weighted by atomic mass is 10.0. The highest BCUT2D eigenvalue weighted by Crippen LogP contribution is 2.21. The van der Waals surface area contributed by atoms with Crippen molar-refractivity contribution >= 4 is 11.8 Å². The Kier molecular flexibility index (Phi) is 4.70.